The highest BCUT2D eigenvalue weighted by molar-refractivity contribution is 8.08. The Morgan fingerprint density at radius 2 is 1.67 bits per heavy atom. The normalized spacial score (nSPS) is 36.8. The summed E-state index contributed by atoms with van der Waals surface area (Å²) in [4.78, 5) is 0. The van der Waals surface area contributed by atoms with Crippen LogP contribution in [0.5, 0.6) is 0 Å². The van der Waals surface area contributed by atoms with Crippen LogP contribution in [0.3, 0.4) is 0 Å². The minimum Gasteiger partial charge on any atom is -0.178 e. The lowest BCUT2D eigenvalue weighted by atomic mass is 10.3. The van der Waals surface area contributed by atoms with E-state index in [1.165, 1.54) is 5.75 Å². The highest BCUT2D eigenvalue weighted by atomic mass is 32.2. The van der Waals surface area contributed by atoms with Gasteiger partial charge in [-0.05, 0) is 0 Å². The Kier molecular flexibility index (Phi) is 6.18. The summed E-state index contributed by atoms with van der Waals surface area (Å²) >= 11 is 17.1. The van der Waals surface area contributed by atoms with Gasteiger partial charge in [-0.3, -0.25) is 0 Å². The number of thioether (sulfide) groups is 2. The molecule has 0 bridgehead atoms. The zero-order valence-corrected chi connectivity index (χ0v) is 11.0. The van der Waals surface area contributed by atoms with E-state index in [9.17, 15) is 0 Å². The molecule has 0 saturated carbocycles. The summed E-state index contributed by atoms with van der Waals surface area (Å²) in [5, 5.41) is 2.07. The van der Waals surface area contributed by atoms with Crippen molar-refractivity contribution in [1.29, 1.82) is 0 Å². The lowest BCUT2D eigenvalue weighted by Gasteiger charge is -2.33. The van der Waals surface area contributed by atoms with Crippen LogP contribution in [0.4, 0.5) is 0 Å². The van der Waals surface area contributed by atoms with E-state index in [0.717, 1.165) is 17.3 Å². The van der Waals surface area contributed by atoms with Crippen LogP contribution in [0.15, 0.2) is 0 Å². The van der Waals surface area contributed by atoms with Gasteiger partial charge in [0.25, 0.3) is 0 Å². The molecule has 1 rings (SSSR count). The van der Waals surface area contributed by atoms with Crippen molar-refractivity contribution >= 4 is 61.4 Å². The minimum absolute atomic E-state index is 0.668. The van der Waals surface area contributed by atoms with E-state index in [2.05, 4.69) is 37.9 Å². The second-order valence-electron chi connectivity index (χ2n) is 2.72. The van der Waals surface area contributed by atoms with Crippen LogP contribution in [0, 0.1) is 0 Å². The van der Waals surface area contributed by atoms with Gasteiger partial charge in [0.15, 0.2) is 0 Å². The second kappa shape index (κ2) is 6.27. The van der Waals surface area contributed by atoms with Crippen molar-refractivity contribution < 1.29 is 0 Å². The monoisotopic (exact) mass is 258 g/mol. The van der Waals surface area contributed by atoms with Crippen LogP contribution in [-0.4, -0.2) is 38.8 Å². The molecule has 0 amide bonds. The Morgan fingerprint density at radius 1 is 1.00 bits per heavy atom. The van der Waals surface area contributed by atoms with Gasteiger partial charge in [-0.25, -0.2) is 0 Å². The van der Waals surface area contributed by atoms with E-state index in [0.29, 0.717) is 15.7 Å². The zero-order valence-electron chi connectivity index (χ0n) is 6.72. The molecule has 3 atom stereocenters. The topological polar surface area (TPSA) is 0 Å². The predicted molar refractivity (Wildman–Crippen MR) is 73.0 cm³/mol. The summed E-state index contributed by atoms with van der Waals surface area (Å²) in [6.45, 7) is 0. The zero-order chi connectivity index (χ0) is 8.97. The van der Waals surface area contributed by atoms with Crippen LogP contribution in [0.1, 0.15) is 0 Å². The fourth-order valence-electron chi connectivity index (χ4n) is 1.14. The molecule has 1 saturated heterocycles. The summed E-state index contributed by atoms with van der Waals surface area (Å²) in [6, 6.07) is 0. The quantitative estimate of drug-likeness (QED) is 0.665. The number of hydrogen-bond donors (Lipinski definition) is 3. The summed E-state index contributed by atoms with van der Waals surface area (Å²) in [7, 11) is 0. The molecule has 1 fully saturated rings. The first-order chi connectivity index (χ1) is 5.81. The average Bonchev–Trinajstić information content (AvgIpc) is 2.16. The molecule has 1 heterocycles. The molecule has 0 aromatic heterocycles. The summed E-state index contributed by atoms with van der Waals surface area (Å²) in [5.41, 5.74) is 0. The highest BCUT2D eigenvalue weighted by Crippen LogP contribution is 2.37. The molecular weight excluding hydrogens is 244 g/mol. The van der Waals surface area contributed by atoms with Crippen LogP contribution in [0.2, 0.25) is 0 Å². The maximum Gasteiger partial charge on any atom is 0.0265 e. The molecule has 5 heteroatoms. The van der Waals surface area contributed by atoms with E-state index >= 15 is 0 Å². The third kappa shape index (κ3) is 3.15. The molecule has 12 heavy (non-hydrogen) atoms. The molecule has 0 spiro atoms. The van der Waals surface area contributed by atoms with Crippen LogP contribution in [0.25, 0.3) is 0 Å². The molecule has 0 N–H and O–H groups in total. The lowest BCUT2D eigenvalue weighted by Crippen LogP contribution is -2.33. The number of thiol groups is 3. The molecule has 0 nitrogen and oxygen atoms in total. The molecule has 1 aliphatic heterocycles. The van der Waals surface area contributed by atoms with Crippen molar-refractivity contribution in [3.8, 4) is 0 Å². The van der Waals surface area contributed by atoms with Crippen molar-refractivity contribution in [1.82, 2.24) is 0 Å². The van der Waals surface area contributed by atoms with Gasteiger partial charge in [-0.2, -0.15) is 61.4 Å². The van der Waals surface area contributed by atoms with E-state index in [1.54, 1.807) is 0 Å². The smallest absolute Gasteiger partial charge is 0.0265 e. The molecule has 0 aromatic carbocycles. The van der Waals surface area contributed by atoms with Gasteiger partial charge in [0, 0.05) is 38.8 Å². The Bertz CT molecular complexity index is 129. The molecule has 3 unspecified atom stereocenters. The third-order valence-electron chi connectivity index (χ3n) is 1.84. The molecule has 1 aliphatic rings. The van der Waals surface area contributed by atoms with Crippen molar-refractivity contribution in [3.05, 3.63) is 0 Å². The largest absolute Gasteiger partial charge is 0.178 e. The van der Waals surface area contributed by atoms with Gasteiger partial charge in [0.2, 0.25) is 0 Å². The van der Waals surface area contributed by atoms with Crippen molar-refractivity contribution in [2.75, 3.05) is 23.0 Å². The second-order valence-corrected chi connectivity index (χ2v) is 6.63. The Morgan fingerprint density at radius 3 is 2.17 bits per heavy atom. The first-order valence-electron chi connectivity index (χ1n) is 3.91. The maximum atomic E-state index is 4.36. The van der Waals surface area contributed by atoms with Gasteiger partial charge in [-0.15, -0.1) is 0 Å². The van der Waals surface area contributed by atoms with Gasteiger partial charge in [0.1, 0.15) is 0 Å². The summed E-state index contributed by atoms with van der Waals surface area (Å²) < 4.78 is 0. The third-order valence-corrected chi connectivity index (χ3v) is 7.27. The van der Waals surface area contributed by atoms with Gasteiger partial charge in [-0.1, -0.05) is 0 Å². The highest BCUT2D eigenvalue weighted by Gasteiger charge is 2.28. The Hall–Kier alpha value is 1.75. The van der Waals surface area contributed by atoms with Crippen LogP contribution in [-0.2, 0) is 0 Å². The SMILES string of the molecule is SCC1CSC(CS)C(CS)S1. The van der Waals surface area contributed by atoms with Crippen molar-refractivity contribution in [3.63, 3.8) is 0 Å². The first-order valence-corrected chi connectivity index (χ1v) is 7.80. The van der Waals surface area contributed by atoms with E-state index in [1.807, 2.05) is 23.5 Å². The van der Waals surface area contributed by atoms with E-state index in [4.69, 9.17) is 0 Å². The fraction of sp³-hybridized carbons (Fsp3) is 1.00. The van der Waals surface area contributed by atoms with Crippen molar-refractivity contribution in [2.45, 2.75) is 15.7 Å². The summed E-state index contributed by atoms with van der Waals surface area (Å²) in [6.07, 6.45) is 0. The van der Waals surface area contributed by atoms with Crippen LogP contribution >= 0.6 is 61.4 Å². The maximum absolute atomic E-state index is 4.36. The van der Waals surface area contributed by atoms with E-state index in [-0.39, 0.29) is 0 Å². The number of rotatable bonds is 3. The molecule has 0 aliphatic carbocycles. The predicted octanol–water partition coefficient (Wildman–Crippen LogP) is 2.36. The Balaban J connectivity index is 2.41. The van der Waals surface area contributed by atoms with Gasteiger partial charge >= 0.3 is 0 Å². The molecule has 0 aromatic rings. The molecule has 0 radical (unpaired) electrons. The van der Waals surface area contributed by atoms with Gasteiger partial charge in [0.05, 0.1) is 0 Å². The minimum atomic E-state index is 0.668. The average molecular weight is 259 g/mol. The Labute approximate surface area is 99.6 Å². The van der Waals surface area contributed by atoms with E-state index < -0.39 is 0 Å². The first kappa shape index (κ1) is 11.8. The lowest BCUT2D eigenvalue weighted by molar-refractivity contribution is 0.921. The standard InChI is InChI=1S/C7H14S5/c8-1-5-4-11-6(2-9)7(3-10)12-5/h5-10H,1-4H2. The number of hydrogen-bond acceptors (Lipinski definition) is 5. The summed E-state index contributed by atoms with van der Waals surface area (Å²) in [5.74, 6) is 4.15. The molecule has 72 valence electrons. The van der Waals surface area contributed by atoms with Gasteiger partial charge < -0.3 is 0 Å². The van der Waals surface area contributed by atoms with Crippen molar-refractivity contribution in [2.24, 2.45) is 0 Å². The molecular formula is C7H14S5. The van der Waals surface area contributed by atoms with Crippen LogP contribution < -0.4 is 0 Å². The fourth-order valence-corrected chi connectivity index (χ4v) is 5.98.